The SMILES string of the molecule is CCC(C)(C)Oc1ccc(C(C)(C)CC)cc1. The molecule has 0 heterocycles. The second kappa shape index (κ2) is 5.12. The summed E-state index contributed by atoms with van der Waals surface area (Å²) in [6.07, 6.45) is 2.16. The fourth-order valence-corrected chi connectivity index (χ4v) is 1.57. The molecule has 0 unspecified atom stereocenters. The molecule has 0 saturated carbocycles. The Kier molecular flexibility index (Phi) is 4.24. The predicted octanol–water partition coefficient (Wildman–Crippen LogP) is 4.94. The number of hydrogen-bond acceptors (Lipinski definition) is 1. The highest BCUT2D eigenvalue weighted by molar-refractivity contribution is 5.31. The molecule has 0 fully saturated rings. The maximum atomic E-state index is 5.95. The lowest BCUT2D eigenvalue weighted by Gasteiger charge is -2.26. The van der Waals surface area contributed by atoms with Crippen LogP contribution in [-0.4, -0.2) is 5.60 Å². The van der Waals surface area contributed by atoms with Gasteiger partial charge in [0.15, 0.2) is 0 Å². The van der Waals surface area contributed by atoms with Gasteiger partial charge in [-0.2, -0.15) is 0 Å². The molecule has 17 heavy (non-hydrogen) atoms. The van der Waals surface area contributed by atoms with Gasteiger partial charge in [-0.1, -0.05) is 39.8 Å². The quantitative estimate of drug-likeness (QED) is 0.701. The van der Waals surface area contributed by atoms with Crippen LogP contribution >= 0.6 is 0 Å². The van der Waals surface area contributed by atoms with Crippen LogP contribution in [-0.2, 0) is 5.41 Å². The van der Waals surface area contributed by atoms with Gasteiger partial charge in [-0.25, -0.2) is 0 Å². The zero-order valence-electron chi connectivity index (χ0n) is 12.1. The molecule has 0 atom stereocenters. The first-order chi connectivity index (χ1) is 7.80. The summed E-state index contributed by atoms with van der Waals surface area (Å²) in [6.45, 7) is 13.2. The first-order valence-corrected chi connectivity index (χ1v) is 6.60. The summed E-state index contributed by atoms with van der Waals surface area (Å²) in [5.41, 5.74) is 1.54. The monoisotopic (exact) mass is 234 g/mol. The molecule has 0 aliphatic carbocycles. The Morgan fingerprint density at radius 3 is 1.82 bits per heavy atom. The van der Waals surface area contributed by atoms with Crippen LogP contribution in [0.25, 0.3) is 0 Å². The standard InChI is InChI=1S/C16H26O/c1-7-15(3,4)13-9-11-14(12-10-13)17-16(5,6)8-2/h9-12H,7-8H2,1-6H3. The fourth-order valence-electron chi connectivity index (χ4n) is 1.57. The molecule has 96 valence electrons. The van der Waals surface area contributed by atoms with Gasteiger partial charge in [-0.05, 0) is 49.8 Å². The average Bonchev–Trinajstić information content (AvgIpc) is 2.29. The second-order valence-electron chi connectivity index (χ2n) is 5.98. The van der Waals surface area contributed by atoms with E-state index in [1.165, 1.54) is 5.56 Å². The number of ether oxygens (including phenoxy) is 1. The molecule has 0 bridgehead atoms. The van der Waals surface area contributed by atoms with Crippen molar-refractivity contribution in [1.82, 2.24) is 0 Å². The van der Waals surface area contributed by atoms with E-state index in [0.717, 1.165) is 18.6 Å². The van der Waals surface area contributed by atoms with Gasteiger partial charge >= 0.3 is 0 Å². The largest absolute Gasteiger partial charge is 0.488 e. The number of hydrogen-bond donors (Lipinski definition) is 0. The lowest BCUT2D eigenvalue weighted by molar-refractivity contribution is 0.105. The van der Waals surface area contributed by atoms with Crippen LogP contribution in [0.3, 0.4) is 0 Å². The predicted molar refractivity (Wildman–Crippen MR) is 74.8 cm³/mol. The molecule has 1 aromatic carbocycles. The summed E-state index contributed by atoms with van der Waals surface area (Å²) in [7, 11) is 0. The van der Waals surface area contributed by atoms with Crippen LogP contribution in [0, 0.1) is 0 Å². The third kappa shape index (κ3) is 3.76. The van der Waals surface area contributed by atoms with Gasteiger partial charge in [0.2, 0.25) is 0 Å². The van der Waals surface area contributed by atoms with E-state index >= 15 is 0 Å². The molecule has 0 aliphatic rings. The molecule has 1 rings (SSSR count). The summed E-state index contributed by atoms with van der Waals surface area (Å²) in [5.74, 6) is 0.965. The van der Waals surface area contributed by atoms with Gasteiger partial charge in [0.1, 0.15) is 11.4 Å². The van der Waals surface area contributed by atoms with Gasteiger partial charge in [-0.15, -0.1) is 0 Å². The van der Waals surface area contributed by atoms with E-state index in [1.807, 2.05) is 0 Å². The molecular weight excluding hydrogens is 208 g/mol. The van der Waals surface area contributed by atoms with Crippen LogP contribution in [0.5, 0.6) is 5.75 Å². The Labute approximate surface area is 106 Å². The summed E-state index contributed by atoms with van der Waals surface area (Å²) >= 11 is 0. The molecule has 0 saturated heterocycles. The van der Waals surface area contributed by atoms with E-state index < -0.39 is 0 Å². The average molecular weight is 234 g/mol. The lowest BCUT2D eigenvalue weighted by atomic mass is 9.82. The molecule has 0 spiro atoms. The molecule has 1 aromatic rings. The second-order valence-corrected chi connectivity index (χ2v) is 5.98. The van der Waals surface area contributed by atoms with Gasteiger partial charge in [0.25, 0.3) is 0 Å². The van der Waals surface area contributed by atoms with Crippen molar-refractivity contribution in [2.75, 3.05) is 0 Å². The van der Waals surface area contributed by atoms with E-state index in [4.69, 9.17) is 4.74 Å². The summed E-state index contributed by atoms with van der Waals surface area (Å²) in [5, 5.41) is 0. The van der Waals surface area contributed by atoms with Crippen LogP contribution in [0.1, 0.15) is 59.9 Å². The maximum absolute atomic E-state index is 5.95. The zero-order chi connectivity index (χ0) is 13.1. The molecular formula is C16H26O. The van der Waals surface area contributed by atoms with Crippen LogP contribution < -0.4 is 4.74 Å². The Hall–Kier alpha value is -0.980. The topological polar surface area (TPSA) is 9.23 Å². The van der Waals surface area contributed by atoms with E-state index in [-0.39, 0.29) is 11.0 Å². The van der Waals surface area contributed by atoms with Crippen molar-refractivity contribution in [3.05, 3.63) is 29.8 Å². The molecule has 0 radical (unpaired) electrons. The van der Waals surface area contributed by atoms with Gasteiger partial charge in [-0.3, -0.25) is 0 Å². The van der Waals surface area contributed by atoms with Crippen molar-refractivity contribution in [2.45, 2.75) is 65.4 Å². The van der Waals surface area contributed by atoms with Crippen molar-refractivity contribution in [3.63, 3.8) is 0 Å². The molecule has 0 amide bonds. The van der Waals surface area contributed by atoms with Crippen LogP contribution in [0.4, 0.5) is 0 Å². The van der Waals surface area contributed by atoms with Crippen molar-refractivity contribution in [2.24, 2.45) is 0 Å². The van der Waals surface area contributed by atoms with E-state index in [2.05, 4.69) is 65.8 Å². The normalized spacial score (nSPS) is 12.6. The minimum absolute atomic E-state index is 0.0816. The molecule has 0 aromatic heterocycles. The van der Waals surface area contributed by atoms with Crippen LogP contribution in [0.15, 0.2) is 24.3 Å². The highest BCUT2D eigenvalue weighted by Crippen LogP contribution is 2.29. The summed E-state index contributed by atoms with van der Waals surface area (Å²) in [4.78, 5) is 0. The molecule has 0 aliphatic heterocycles. The van der Waals surface area contributed by atoms with Crippen molar-refractivity contribution in [1.29, 1.82) is 0 Å². The fraction of sp³-hybridized carbons (Fsp3) is 0.625. The van der Waals surface area contributed by atoms with E-state index in [1.54, 1.807) is 0 Å². The minimum atomic E-state index is -0.0816. The molecule has 1 heteroatoms. The van der Waals surface area contributed by atoms with Gasteiger partial charge in [0, 0.05) is 0 Å². The van der Waals surface area contributed by atoms with Gasteiger partial charge < -0.3 is 4.74 Å². The Morgan fingerprint density at radius 1 is 0.882 bits per heavy atom. The zero-order valence-corrected chi connectivity index (χ0v) is 12.1. The van der Waals surface area contributed by atoms with Crippen LogP contribution in [0.2, 0.25) is 0 Å². The van der Waals surface area contributed by atoms with Crippen molar-refractivity contribution >= 4 is 0 Å². The molecule has 1 nitrogen and oxygen atoms in total. The van der Waals surface area contributed by atoms with E-state index in [0.29, 0.717) is 0 Å². The molecule has 0 N–H and O–H groups in total. The summed E-state index contributed by atoms with van der Waals surface area (Å²) < 4.78 is 5.95. The summed E-state index contributed by atoms with van der Waals surface area (Å²) in [6, 6.07) is 8.55. The lowest BCUT2D eigenvalue weighted by Crippen LogP contribution is -2.26. The number of benzene rings is 1. The van der Waals surface area contributed by atoms with Crippen molar-refractivity contribution in [3.8, 4) is 5.75 Å². The first-order valence-electron chi connectivity index (χ1n) is 6.60. The highest BCUT2D eigenvalue weighted by atomic mass is 16.5. The maximum Gasteiger partial charge on any atom is 0.120 e. The third-order valence-electron chi connectivity index (χ3n) is 3.77. The van der Waals surface area contributed by atoms with E-state index in [9.17, 15) is 0 Å². The third-order valence-corrected chi connectivity index (χ3v) is 3.77. The smallest absolute Gasteiger partial charge is 0.120 e. The minimum Gasteiger partial charge on any atom is -0.488 e. The van der Waals surface area contributed by atoms with Gasteiger partial charge in [0.05, 0.1) is 0 Å². The van der Waals surface area contributed by atoms with Crippen molar-refractivity contribution < 1.29 is 4.74 Å². The Balaban J connectivity index is 2.82. The Bertz CT molecular complexity index is 346. The Morgan fingerprint density at radius 2 is 1.41 bits per heavy atom. The first kappa shape index (κ1) is 14.1. The number of rotatable bonds is 5. The highest BCUT2D eigenvalue weighted by Gasteiger charge is 2.19.